The summed E-state index contributed by atoms with van der Waals surface area (Å²) in [5, 5.41) is 4.53. The van der Waals surface area contributed by atoms with Crippen LogP contribution in [0.3, 0.4) is 0 Å². The first-order valence-corrected chi connectivity index (χ1v) is 5.84. The van der Waals surface area contributed by atoms with E-state index in [2.05, 4.69) is 23.9 Å². The van der Waals surface area contributed by atoms with E-state index in [0.29, 0.717) is 12.5 Å². The van der Waals surface area contributed by atoms with Gasteiger partial charge < -0.3 is 4.90 Å². The second-order valence-electron chi connectivity index (χ2n) is 4.45. The summed E-state index contributed by atoms with van der Waals surface area (Å²) >= 11 is 0. The average molecular weight is 230 g/mol. The summed E-state index contributed by atoms with van der Waals surface area (Å²) in [6.45, 7) is 4.89. The molecule has 0 aromatic carbocycles. The van der Waals surface area contributed by atoms with E-state index < -0.39 is 0 Å². The second kappa shape index (κ2) is 3.55. The molecule has 0 saturated heterocycles. The van der Waals surface area contributed by atoms with Gasteiger partial charge in [0.1, 0.15) is 0 Å². The number of carbonyl (C=O) groups is 1. The number of hydrogen-bond acceptors (Lipinski definition) is 3. The molecule has 3 rings (SSSR count). The van der Waals surface area contributed by atoms with Crippen molar-refractivity contribution in [1.82, 2.24) is 14.6 Å². The smallest absolute Gasteiger partial charge is 0.214 e. The topological polar surface area (TPSA) is 50.5 Å². The van der Waals surface area contributed by atoms with Crippen molar-refractivity contribution < 1.29 is 4.79 Å². The molecule has 5 nitrogen and oxygen atoms in total. The van der Waals surface area contributed by atoms with E-state index in [1.54, 1.807) is 11.1 Å². The van der Waals surface area contributed by atoms with Crippen LogP contribution in [-0.2, 0) is 11.2 Å². The maximum atomic E-state index is 11.0. The summed E-state index contributed by atoms with van der Waals surface area (Å²) in [6.07, 6.45) is 3.52. The molecule has 0 fully saturated rings. The minimum Gasteiger partial charge on any atom is -0.311 e. The molecule has 2 aromatic heterocycles. The van der Waals surface area contributed by atoms with Gasteiger partial charge in [-0.3, -0.25) is 4.79 Å². The predicted octanol–water partition coefficient (Wildman–Crippen LogP) is 1.37. The minimum atomic E-state index is 0.297. The third-order valence-electron chi connectivity index (χ3n) is 3.29. The van der Waals surface area contributed by atoms with E-state index in [1.807, 2.05) is 10.6 Å². The summed E-state index contributed by atoms with van der Waals surface area (Å²) in [6, 6.07) is 2.00. The van der Waals surface area contributed by atoms with Crippen molar-refractivity contribution in [3.63, 3.8) is 0 Å². The van der Waals surface area contributed by atoms with Crippen LogP contribution in [0.2, 0.25) is 0 Å². The Morgan fingerprint density at radius 1 is 1.59 bits per heavy atom. The van der Waals surface area contributed by atoms with Crippen LogP contribution in [0.4, 0.5) is 5.69 Å². The molecule has 0 N–H and O–H groups in total. The zero-order valence-electron chi connectivity index (χ0n) is 9.92. The first-order chi connectivity index (χ1) is 8.24. The van der Waals surface area contributed by atoms with Gasteiger partial charge in [-0.15, -0.1) is 0 Å². The van der Waals surface area contributed by atoms with Gasteiger partial charge in [-0.1, -0.05) is 13.8 Å². The molecule has 3 heterocycles. The van der Waals surface area contributed by atoms with Gasteiger partial charge in [-0.05, 0) is 6.42 Å². The fraction of sp³-hybridized carbons (Fsp3) is 0.417. The molecule has 0 spiro atoms. The third kappa shape index (κ3) is 1.35. The van der Waals surface area contributed by atoms with Gasteiger partial charge in [0.05, 0.1) is 23.3 Å². The zero-order chi connectivity index (χ0) is 12.0. The highest BCUT2D eigenvalue weighted by Gasteiger charge is 2.28. The fourth-order valence-electron chi connectivity index (χ4n) is 2.42. The van der Waals surface area contributed by atoms with Crippen molar-refractivity contribution in [2.75, 3.05) is 11.4 Å². The van der Waals surface area contributed by atoms with Crippen molar-refractivity contribution in [3.8, 4) is 0 Å². The van der Waals surface area contributed by atoms with Crippen molar-refractivity contribution >= 4 is 17.7 Å². The Labute approximate surface area is 99.1 Å². The predicted molar refractivity (Wildman–Crippen MR) is 64.2 cm³/mol. The highest BCUT2D eigenvalue weighted by atomic mass is 16.1. The van der Waals surface area contributed by atoms with Gasteiger partial charge in [0.25, 0.3) is 0 Å². The molecule has 0 saturated carbocycles. The SMILES string of the molecule is CCc1cc2ncc3c(n2n1)C(C)CN3C=O. The number of fused-ring (bicyclic) bond motifs is 3. The molecular formula is C12H14N4O. The van der Waals surface area contributed by atoms with Gasteiger partial charge in [-0.25, -0.2) is 9.50 Å². The molecule has 5 heteroatoms. The lowest BCUT2D eigenvalue weighted by Crippen LogP contribution is -2.18. The molecule has 1 unspecified atom stereocenters. The lowest BCUT2D eigenvalue weighted by Gasteiger charge is -2.08. The van der Waals surface area contributed by atoms with E-state index >= 15 is 0 Å². The van der Waals surface area contributed by atoms with Crippen molar-refractivity contribution in [2.45, 2.75) is 26.2 Å². The Morgan fingerprint density at radius 2 is 2.41 bits per heavy atom. The number of aromatic nitrogens is 3. The second-order valence-corrected chi connectivity index (χ2v) is 4.45. The number of amides is 1. The van der Waals surface area contributed by atoms with Crippen LogP contribution in [0.15, 0.2) is 12.3 Å². The summed E-state index contributed by atoms with van der Waals surface area (Å²) < 4.78 is 1.88. The molecular weight excluding hydrogens is 216 g/mol. The van der Waals surface area contributed by atoms with Crippen molar-refractivity contribution in [2.24, 2.45) is 0 Å². The van der Waals surface area contributed by atoms with Gasteiger partial charge in [0, 0.05) is 18.5 Å². The first kappa shape index (κ1) is 10.3. The maximum Gasteiger partial charge on any atom is 0.214 e. The Balaban J connectivity index is 2.28. The lowest BCUT2D eigenvalue weighted by molar-refractivity contribution is -0.107. The Kier molecular flexibility index (Phi) is 2.14. The highest BCUT2D eigenvalue weighted by molar-refractivity contribution is 5.79. The van der Waals surface area contributed by atoms with Crippen LogP contribution in [0, 0.1) is 0 Å². The number of hydrogen-bond donors (Lipinski definition) is 0. The van der Waals surface area contributed by atoms with E-state index in [-0.39, 0.29) is 0 Å². The molecule has 0 radical (unpaired) electrons. The third-order valence-corrected chi connectivity index (χ3v) is 3.29. The van der Waals surface area contributed by atoms with Gasteiger partial charge in [-0.2, -0.15) is 5.10 Å². The number of nitrogens with zero attached hydrogens (tertiary/aromatic N) is 4. The zero-order valence-corrected chi connectivity index (χ0v) is 9.92. The fourth-order valence-corrected chi connectivity index (χ4v) is 2.42. The van der Waals surface area contributed by atoms with E-state index in [1.165, 1.54) is 0 Å². The molecule has 0 aliphatic carbocycles. The monoisotopic (exact) mass is 230 g/mol. The Bertz CT molecular complexity index is 589. The van der Waals surface area contributed by atoms with Crippen LogP contribution in [0.5, 0.6) is 0 Å². The summed E-state index contributed by atoms with van der Waals surface area (Å²) in [4.78, 5) is 17.0. The molecule has 17 heavy (non-hydrogen) atoms. The maximum absolute atomic E-state index is 11.0. The Morgan fingerprint density at radius 3 is 3.12 bits per heavy atom. The molecule has 1 atom stereocenters. The number of aryl methyl sites for hydroxylation is 1. The van der Waals surface area contributed by atoms with Crippen molar-refractivity contribution in [3.05, 3.63) is 23.7 Å². The molecule has 1 amide bonds. The number of rotatable bonds is 2. The van der Waals surface area contributed by atoms with Gasteiger partial charge in [0.15, 0.2) is 5.65 Å². The van der Waals surface area contributed by atoms with E-state index in [9.17, 15) is 4.79 Å². The minimum absolute atomic E-state index is 0.297. The Hall–Kier alpha value is -1.91. The van der Waals surface area contributed by atoms with E-state index in [4.69, 9.17) is 0 Å². The highest BCUT2D eigenvalue weighted by Crippen LogP contribution is 2.34. The van der Waals surface area contributed by atoms with Crippen LogP contribution in [0.25, 0.3) is 5.65 Å². The quantitative estimate of drug-likeness (QED) is 0.732. The normalized spacial score (nSPS) is 18.7. The van der Waals surface area contributed by atoms with Crippen LogP contribution in [0.1, 0.15) is 31.2 Å². The van der Waals surface area contributed by atoms with Gasteiger partial charge in [0.2, 0.25) is 6.41 Å². The van der Waals surface area contributed by atoms with Crippen LogP contribution < -0.4 is 4.90 Å². The average Bonchev–Trinajstić information content (AvgIpc) is 2.89. The number of carbonyl (C=O) groups excluding carboxylic acids is 1. The largest absolute Gasteiger partial charge is 0.311 e. The summed E-state index contributed by atoms with van der Waals surface area (Å²) in [5.41, 5.74) is 3.86. The van der Waals surface area contributed by atoms with Crippen LogP contribution >= 0.6 is 0 Å². The molecule has 2 aromatic rings. The summed E-state index contributed by atoms with van der Waals surface area (Å²) in [5.74, 6) is 0.297. The molecule has 1 aliphatic heterocycles. The molecule has 0 bridgehead atoms. The molecule has 1 aliphatic rings. The standard InChI is InChI=1S/C12H14N4O/c1-3-9-4-11-13-5-10-12(16(11)14-9)8(2)6-15(10)7-17/h4-5,7-8H,3,6H2,1-2H3. The number of anilines is 1. The first-order valence-electron chi connectivity index (χ1n) is 5.84. The molecule has 88 valence electrons. The lowest BCUT2D eigenvalue weighted by atomic mass is 10.1. The van der Waals surface area contributed by atoms with Crippen molar-refractivity contribution in [1.29, 1.82) is 0 Å². The van der Waals surface area contributed by atoms with Gasteiger partial charge >= 0.3 is 0 Å². The summed E-state index contributed by atoms with van der Waals surface area (Å²) in [7, 11) is 0. The van der Waals surface area contributed by atoms with Crippen LogP contribution in [-0.4, -0.2) is 27.6 Å². The van der Waals surface area contributed by atoms with E-state index in [0.717, 1.165) is 35.6 Å².